The van der Waals surface area contributed by atoms with Crippen molar-refractivity contribution in [2.45, 2.75) is 49.8 Å². The van der Waals surface area contributed by atoms with Crippen LogP contribution in [-0.2, 0) is 20.8 Å². The molecule has 2 rings (SSSR count). The topological polar surface area (TPSA) is 54.5 Å². The standard InChI is InChI=1S/C20H24Cl3NO3S2/c1-14(2)28(25)12-4-5-15(3)24(20-13-17(22)8-11-19(20)23)29(26,27)18-9-6-16(21)7-10-18/h6-11,13-15H,4-5,12H2,1-3H3/t15-,28?/m1/s1. The summed E-state index contributed by atoms with van der Waals surface area (Å²) in [6, 6.07) is 10.3. The molecule has 0 saturated carbocycles. The number of halogens is 3. The fourth-order valence-corrected chi connectivity index (χ4v) is 6.02. The van der Waals surface area contributed by atoms with Crippen molar-refractivity contribution in [2.24, 2.45) is 0 Å². The van der Waals surface area contributed by atoms with Gasteiger partial charge in [-0.05, 0) is 62.2 Å². The highest BCUT2D eigenvalue weighted by Gasteiger charge is 2.31. The van der Waals surface area contributed by atoms with E-state index in [2.05, 4.69) is 0 Å². The van der Waals surface area contributed by atoms with Gasteiger partial charge in [0.2, 0.25) is 0 Å². The maximum absolute atomic E-state index is 13.5. The second-order valence-corrected chi connectivity index (χ2v) is 12.2. The van der Waals surface area contributed by atoms with Crippen LogP contribution < -0.4 is 4.31 Å². The summed E-state index contributed by atoms with van der Waals surface area (Å²) in [7, 11) is -4.86. The van der Waals surface area contributed by atoms with E-state index in [9.17, 15) is 12.6 Å². The lowest BCUT2D eigenvalue weighted by Crippen LogP contribution is -2.39. The zero-order valence-electron chi connectivity index (χ0n) is 16.4. The third-order valence-corrected chi connectivity index (χ3v) is 8.90. The maximum Gasteiger partial charge on any atom is 0.264 e. The zero-order chi connectivity index (χ0) is 21.8. The van der Waals surface area contributed by atoms with Gasteiger partial charge in [0, 0.05) is 37.9 Å². The quantitative estimate of drug-likeness (QED) is 0.417. The van der Waals surface area contributed by atoms with Crippen molar-refractivity contribution in [2.75, 3.05) is 10.1 Å². The Bertz CT molecular complexity index is 963. The number of sulfonamides is 1. The maximum atomic E-state index is 13.5. The third-order valence-electron chi connectivity index (χ3n) is 4.41. The van der Waals surface area contributed by atoms with Gasteiger partial charge < -0.3 is 0 Å². The predicted molar refractivity (Wildman–Crippen MR) is 124 cm³/mol. The van der Waals surface area contributed by atoms with Gasteiger partial charge in [0.25, 0.3) is 10.0 Å². The summed E-state index contributed by atoms with van der Waals surface area (Å²) in [6.07, 6.45) is 1.14. The Kier molecular flexibility index (Phi) is 8.86. The van der Waals surface area contributed by atoms with Crippen LogP contribution in [0.25, 0.3) is 0 Å². The molecule has 0 N–H and O–H groups in total. The zero-order valence-corrected chi connectivity index (χ0v) is 20.3. The Morgan fingerprint density at radius 2 is 1.55 bits per heavy atom. The number of hydrogen-bond acceptors (Lipinski definition) is 3. The fourth-order valence-electron chi connectivity index (χ4n) is 2.85. The lowest BCUT2D eigenvalue weighted by atomic mass is 10.2. The molecule has 1 unspecified atom stereocenters. The van der Waals surface area contributed by atoms with E-state index < -0.39 is 26.9 Å². The highest BCUT2D eigenvalue weighted by atomic mass is 35.5. The molecule has 0 bridgehead atoms. The van der Waals surface area contributed by atoms with Crippen LogP contribution in [0.4, 0.5) is 5.69 Å². The SMILES string of the molecule is CC(C)S(=O)CCC[C@@H](C)N(c1cc(Cl)ccc1Cl)S(=O)(=O)c1ccc(Cl)cc1. The van der Waals surface area contributed by atoms with Crippen molar-refractivity contribution in [1.29, 1.82) is 0 Å². The first-order valence-corrected chi connectivity index (χ1v) is 13.1. The van der Waals surface area contributed by atoms with Crippen LogP contribution in [0.15, 0.2) is 47.4 Å². The molecule has 0 saturated heterocycles. The summed E-state index contributed by atoms with van der Waals surface area (Å²) < 4.78 is 40.3. The minimum Gasteiger partial charge on any atom is -0.262 e. The van der Waals surface area contributed by atoms with Crippen LogP contribution >= 0.6 is 34.8 Å². The summed E-state index contributed by atoms with van der Waals surface area (Å²) in [5.74, 6) is 0.514. The second-order valence-electron chi connectivity index (χ2n) is 6.98. The molecule has 0 aliphatic carbocycles. The van der Waals surface area contributed by atoms with E-state index >= 15 is 0 Å². The molecule has 2 atom stereocenters. The summed E-state index contributed by atoms with van der Waals surface area (Å²) in [5, 5.41) is 1.18. The van der Waals surface area contributed by atoms with Gasteiger partial charge in [-0.25, -0.2) is 8.42 Å². The van der Waals surface area contributed by atoms with Gasteiger partial charge in [0.05, 0.1) is 15.6 Å². The number of benzene rings is 2. The number of nitrogens with zero attached hydrogens (tertiary/aromatic N) is 1. The van der Waals surface area contributed by atoms with E-state index in [-0.39, 0.29) is 15.2 Å². The van der Waals surface area contributed by atoms with Crippen molar-refractivity contribution in [1.82, 2.24) is 0 Å². The van der Waals surface area contributed by atoms with Crippen molar-refractivity contribution in [3.8, 4) is 0 Å². The van der Waals surface area contributed by atoms with Crippen LogP contribution in [0.1, 0.15) is 33.6 Å². The molecule has 0 radical (unpaired) electrons. The predicted octanol–water partition coefficient (Wildman–Crippen LogP) is 6.17. The minimum absolute atomic E-state index is 0.0709. The molecule has 4 nitrogen and oxygen atoms in total. The molecule has 0 spiro atoms. The van der Waals surface area contributed by atoms with Crippen LogP contribution in [0.3, 0.4) is 0 Å². The Labute approximate surface area is 190 Å². The Morgan fingerprint density at radius 3 is 2.14 bits per heavy atom. The highest BCUT2D eigenvalue weighted by molar-refractivity contribution is 7.92. The monoisotopic (exact) mass is 495 g/mol. The molecule has 9 heteroatoms. The summed E-state index contributed by atoms with van der Waals surface area (Å²) in [6.45, 7) is 5.62. The molecule has 29 heavy (non-hydrogen) atoms. The first-order chi connectivity index (χ1) is 13.5. The smallest absolute Gasteiger partial charge is 0.262 e. The first kappa shape index (κ1) is 24.5. The van der Waals surface area contributed by atoms with E-state index in [1.807, 2.05) is 20.8 Å². The summed E-state index contributed by atoms with van der Waals surface area (Å²) in [4.78, 5) is 0.107. The molecule has 0 fully saturated rings. The van der Waals surface area contributed by atoms with Gasteiger partial charge in [0.15, 0.2) is 0 Å². The Hall–Kier alpha value is -0.790. The second kappa shape index (κ2) is 10.5. The number of hydrogen-bond donors (Lipinski definition) is 0. The van der Waals surface area contributed by atoms with Crippen molar-refractivity contribution < 1.29 is 12.6 Å². The molecule has 0 heterocycles. The Balaban J connectivity index is 2.42. The van der Waals surface area contributed by atoms with E-state index in [1.165, 1.54) is 28.6 Å². The van der Waals surface area contributed by atoms with Crippen LogP contribution in [-0.4, -0.2) is 29.7 Å². The molecule has 0 aliphatic heterocycles. The molecular formula is C20H24Cl3NO3S2. The van der Waals surface area contributed by atoms with Gasteiger partial charge in [0.1, 0.15) is 0 Å². The van der Waals surface area contributed by atoms with Crippen LogP contribution in [0, 0.1) is 0 Å². The lowest BCUT2D eigenvalue weighted by Gasteiger charge is -2.31. The average molecular weight is 497 g/mol. The lowest BCUT2D eigenvalue weighted by molar-refractivity contribution is 0.569. The minimum atomic E-state index is -3.92. The van der Waals surface area contributed by atoms with Crippen LogP contribution in [0.2, 0.25) is 15.1 Å². The van der Waals surface area contributed by atoms with E-state index in [1.54, 1.807) is 18.2 Å². The first-order valence-electron chi connectivity index (χ1n) is 9.16. The van der Waals surface area contributed by atoms with Gasteiger partial charge in [-0.3, -0.25) is 8.51 Å². The molecular weight excluding hydrogens is 473 g/mol. The number of rotatable bonds is 9. The van der Waals surface area contributed by atoms with Crippen molar-refractivity contribution in [3.63, 3.8) is 0 Å². The molecule has 0 aromatic heterocycles. The molecule has 0 amide bonds. The van der Waals surface area contributed by atoms with E-state index in [0.717, 1.165) is 0 Å². The fraction of sp³-hybridized carbons (Fsp3) is 0.400. The average Bonchev–Trinajstić information content (AvgIpc) is 2.64. The van der Waals surface area contributed by atoms with Gasteiger partial charge >= 0.3 is 0 Å². The molecule has 160 valence electrons. The molecule has 0 aliphatic rings. The van der Waals surface area contributed by atoms with Gasteiger partial charge in [-0.1, -0.05) is 48.7 Å². The van der Waals surface area contributed by atoms with E-state index in [4.69, 9.17) is 34.8 Å². The molecule has 2 aromatic rings. The third kappa shape index (κ3) is 6.34. The van der Waals surface area contributed by atoms with Crippen LogP contribution in [0.5, 0.6) is 0 Å². The number of anilines is 1. The van der Waals surface area contributed by atoms with E-state index in [0.29, 0.717) is 34.3 Å². The van der Waals surface area contributed by atoms with Gasteiger partial charge in [-0.15, -0.1) is 0 Å². The summed E-state index contributed by atoms with van der Waals surface area (Å²) in [5.41, 5.74) is 0.312. The van der Waals surface area contributed by atoms with Crippen molar-refractivity contribution in [3.05, 3.63) is 57.5 Å². The largest absolute Gasteiger partial charge is 0.264 e. The van der Waals surface area contributed by atoms with Gasteiger partial charge in [-0.2, -0.15) is 0 Å². The highest BCUT2D eigenvalue weighted by Crippen LogP contribution is 2.35. The van der Waals surface area contributed by atoms with Crippen molar-refractivity contribution >= 4 is 61.3 Å². The Morgan fingerprint density at radius 1 is 0.966 bits per heavy atom. The normalized spacial score (nSPS) is 14.0. The molecule has 2 aromatic carbocycles. The summed E-state index contributed by atoms with van der Waals surface area (Å²) >= 11 is 18.4.